The maximum atomic E-state index is 12.9. The highest BCUT2D eigenvalue weighted by Gasteiger charge is 2.28. The zero-order valence-corrected chi connectivity index (χ0v) is 15.5. The molecule has 1 aromatic carbocycles. The third-order valence-corrected chi connectivity index (χ3v) is 5.16. The van der Waals surface area contributed by atoms with E-state index < -0.39 is 0 Å². The summed E-state index contributed by atoms with van der Waals surface area (Å²) in [6.45, 7) is 4.09. The molecule has 0 N–H and O–H groups in total. The van der Waals surface area contributed by atoms with Gasteiger partial charge in [-0.05, 0) is 25.3 Å². The molecule has 0 saturated carbocycles. The lowest BCUT2D eigenvalue weighted by atomic mass is 9.96. The van der Waals surface area contributed by atoms with Gasteiger partial charge in [-0.3, -0.25) is 4.79 Å². The van der Waals surface area contributed by atoms with Gasteiger partial charge in [0.1, 0.15) is 12.2 Å². The van der Waals surface area contributed by atoms with Gasteiger partial charge in [0.25, 0.3) is 5.91 Å². The summed E-state index contributed by atoms with van der Waals surface area (Å²) in [5.74, 6) is 1.31. The SMILES string of the molecule is Cc1ncncc1C(=O)N1CCC[C@H](c2nccn2Cc2ccccc2)C1. The van der Waals surface area contributed by atoms with Crippen LogP contribution in [0, 0.1) is 6.92 Å². The van der Waals surface area contributed by atoms with E-state index in [0.717, 1.165) is 37.4 Å². The van der Waals surface area contributed by atoms with Gasteiger partial charge in [0.15, 0.2) is 0 Å². The molecule has 0 unspecified atom stereocenters. The number of aryl methyl sites for hydroxylation is 1. The van der Waals surface area contributed by atoms with Crippen molar-refractivity contribution in [2.24, 2.45) is 0 Å². The van der Waals surface area contributed by atoms with Gasteiger partial charge in [0, 0.05) is 44.1 Å². The van der Waals surface area contributed by atoms with Crippen molar-refractivity contribution in [3.05, 3.63) is 77.9 Å². The third-order valence-electron chi connectivity index (χ3n) is 5.16. The maximum absolute atomic E-state index is 12.9. The Bertz CT molecular complexity index is 921. The van der Waals surface area contributed by atoms with Crippen LogP contribution in [0.15, 0.2) is 55.2 Å². The van der Waals surface area contributed by atoms with Gasteiger partial charge in [0.05, 0.1) is 11.3 Å². The lowest BCUT2D eigenvalue weighted by Gasteiger charge is -2.33. The fraction of sp³-hybridized carbons (Fsp3) is 0.333. The van der Waals surface area contributed by atoms with E-state index in [-0.39, 0.29) is 11.8 Å². The van der Waals surface area contributed by atoms with Crippen molar-refractivity contribution in [1.82, 2.24) is 24.4 Å². The molecule has 1 fully saturated rings. The molecule has 4 rings (SSSR count). The maximum Gasteiger partial charge on any atom is 0.257 e. The summed E-state index contributed by atoms with van der Waals surface area (Å²) < 4.78 is 2.20. The summed E-state index contributed by atoms with van der Waals surface area (Å²) in [6.07, 6.45) is 8.99. The van der Waals surface area contributed by atoms with E-state index in [1.807, 2.05) is 30.3 Å². The fourth-order valence-corrected chi connectivity index (χ4v) is 3.74. The molecule has 1 aliphatic heterocycles. The second kappa shape index (κ2) is 7.70. The third kappa shape index (κ3) is 3.74. The number of aromatic nitrogens is 4. The number of hydrogen-bond acceptors (Lipinski definition) is 4. The van der Waals surface area contributed by atoms with Crippen molar-refractivity contribution >= 4 is 5.91 Å². The van der Waals surface area contributed by atoms with Crippen LogP contribution in [-0.4, -0.2) is 43.4 Å². The molecule has 6 nitrogen and oxygen atoms in total. The first-order valence-corrected chi connectivity index (χ1v) is 9.33. The number of piperidine rings is 1. The normalized spacial score (nSPS) is 17.1. The van der Waals surface area contributed by atoms with Crippen LogP contribution in [0.1, 0.15) is 46.2 Å². The van der Waals surface area contributed by atoms with Gasteiger partial charge in [-0.15, -0.1) is 0 Å². The number of carbonyl (C=O) groups is 1. The molecule has 1 aliphatic rings. The van der Waals surface area contributed by atoms with Gasteiger partial charge < -0.3 is 9.47 Å². The van der Waals surface area contributed by atoms with Crippen LogP contribution in [0.25, 0.3) is 0 Å². The fourth-order valence-electron chi connectivity index (χ4n) is 3.74. The number of hydrogen-bond donors (Lipinski definition) is 0. The molecule has 138 valence electrons. The summed E-state index contributed by atoms with van der Waals surface area (Å²) in [4.78, 5) is 27.6. The van der Waals surface area contributed by atoms with Crippen molar-refractivity contribution in [2.75, 3.05) is 13.1 Å². The predicted molar refractivity (Wildman–Crippen MR) is 102 cm³/mol. The summed E-state index contributed by atoms with van der Waals surface area (Å²) >= 11 is 0. The Kier molecular flexibility index (Phi) is 4.96. The Balaban J connectivity index is 1.52. The minimum Gasteiger partial charge on any atom is -0.338 e. The molecule has 6 heteroatoms. The number of rotatable bonds is 4. The van der Waals surface area contributed by atoms with Crippen LogP contribution < -0.4 is 0 Å². The second-order valence-electron chi connectivity index (χ2n) is 7.01. The molecule has 0 aliphatic carbocycles. The topological polar surface area (TPSA) is 63.9 Å². The summed E-state index contributed by atoms with van der Waals surface area (Å²) in [6, 6.07) is 10.4. The molecule has 0 spiro atoms. The zero-order chi connectivity index (χ0) is 18.6. The Morgan fingerprint density at radius 1 is 1.22 bits per heavy atom. The van der Waals surface area contributed by atoms with Gasteiger partial charge in [-0.1, -0.05) is 30.3 Å². The molecule has 3 aromatic rings. The first-order chi connectivity index (χ1) is 13.2. The van der Waals surface area contributed by atoms with Gasteiger partial charge >= 0.3 is 0 Å². The molecule has 1 saturated heterocycles. The number of amides is 1. The van der Waals surface area contributed by atoms with Gasteiger partial charge in [0.2, 0.25) is 0 Å². The minimum atomic E-state index is 0.0129. The minimum absolute atomic E-state index is 0.0129. The molecular formula is C21H23N5O. The first-order valence-electron chi connectivity index (χ1n) is 9.33. The molecule has 0 radical (unpaired) electrons. The Morgan fingerprint density at radius 3 is 2.89 bits per heavy atom. The van der Waals surface area contributed by atoms with Crippen LogP contribution in [0.2, 0.25) is 0 Å². The zero-order valence-electron chi connectivity index (χ0n) is 15.5. The average Bonchev–Trinajstić information content (AvgIpc) is 3.17. The lowest BCUT2D eigenvalue weighted by Crippen LogP contribution is -2.40. The Morgan fingerprint density at radius 2 is 2.07 bits per heavy atom. The first kappa shape index (κ1) is 17.4. The van der Waals surface area contributed by atoms with E-state index in [2.05, 4.69) is 43.8 Å². The quantitative estimate of drug-likeness (QED) is 0.716. The highest BCUT2D eigenvalue weighted by Crippen LogP contribution is 2.27. The van der Waals surface area contributed by atoms with Crippen molar-refractivity contribution < 1.29 is 4.79 Å². The van der Waals surface area contributed by atoms with E-state index in [0.29, 0.717) is 12.1 Å². The molecule has 2 aromatic heterocycles. The largest absolute Gasteiger partial charge is 0.338 e. The molecular weight excluding hydrogens is 338 g/mol. The molecule has 3 heterocycles. The Hall–Kier alpha value is -3.02. The summed E-state index contributed by atoms with van der Waals surface area (Å²) in [5, 5.41) is 0. The smallest absolute Gasteiger partial charge is 0.257 e. The number of carbonyl (C=O) groups excluding carboxylic acids is 1. The number of likely N-dealkylation sites (tertiary alicyclic amines) is 1. The summed E-state index contributed by atoms with van der Waals surface area (Å²) in [5.41, 5.74) is 2.56. The molecule has 1 atom stereocenters. The van der Waals surface area contributed by atoms with E-state index in [1.165, 1.54) is 11.9 Å². The molecule has 27 heavy (non-hydrogen) atoms. The monoisotopic (exact) mass is 361 g/mol. The van der Waals surface area contributed by atoms with Crippen molar-refractivity contribution in [1.29, 1.82) is 0 Å². The van der Waals surface area contributed by atoms with E-state index in [1.54, 1.807) is 6.20 Å². The van der Waals surface area contributed by atoms with Crippen molar-refractivity contribution in [3.8, 4) is 0 Å². The van der Waals surface area contributed by atoms with Crippen molar-refractivity contribution in [2.45, 2.75) is 32.2 Å². The summed E-state index contributed by atoms with van der Waals surface area (Å²) in [7, 11) is 0. The molecule has 1 amide bonds. The number of nitrogens with zero attached hydrogens (tertiary/aromatic N) is 5. The van der Waals surface area contributed by atoms with E-state index in [4.69, 9.17) is 0 Å². The standard InChI is InChI=1S/C21H23N5O/c1-16-19(12-22-15-24-16)21(27)26-10-5-8-18(14-26)20-23-9-11-25(20)13-17-6-3-2-4-7-17/h2-4,6-7,9,11-12,15,18H,5,8,10,13-14H2,1H3/t18-/m0/s1. The lowest BCUT2D eigenvalue weighted by molar-refractivity contribution is 0.0701. The van der Waals surface area contributed by atoms with Crippen LogP contribution in [0.4, 0.5) is 0 Å². The average molecular weight is 361 g/mol. The van der Waals surface area contributed by atoms with Crippen LogP contribution in [0.5, 0.6) is 0 Å². The highest BCUT2D eigenvalue weighted by atomic mass is 16.2. The predicted octanol–water partition coefficient (Wildman–Crippen LogP) is 3.05. The second-order valence-corrected chi connectivity index (χ2v) is 7.01. The molecule has 0 bridgehead atoms. The number of imidazole rings is 1. The number of benzene rings is 1. The van der Waals surface area contributed by atoms with Crippen LogP contribution >= 0.6 is 0 Å². The van der Waals surface area contributed by atoms with Crippen molar-refractivity contribution in [3.63, 3.8) is 0 Å². The van der Waals surface area contributed by atoms with Gasteiger partial charge in [-0.2, -0.15) is 0 Å². The van der Waals surface area contributed by atoms with E-state index >= 15 is 0 Å². The van der Waals surface area contributed by atoms with Gasteiger partial charge in [-0.25, -0.2) is 15.0 Å². The Labute approximate surface area is 158 Å². The highest BCUT2D eigenvalue weighted by molar-refractivity contribution is 5.95. The van der Waals surface area contributed by atoms with Crippen LogP contribution in [0.3, 0.4) is 0 Å². The van der Waals surface area contributed by atoms with E-state index in [9.17, 15) is 4.79 Å². The van der Waals surface area contributed by atoms with Crippen LogP contribution in [-0.2, 0) is 6.54 Å².